The van der Waals surface area contributed by atoms with Gasteiger partial charge in [-0.1, -0.05) is 40.5 Å². The van der Waals surface area contributed by atoms with Gasteiger partial charge >= 0.3 is 10.4 Å². The molecule has 0 rings (SSSR count). The van der Waals surface area contributed by atoms with Crippen molar-refractivity contribution >= 4 is 10.4 Å². The summed E-state index contributed by atoms with van der Waals surface area (Å²) in [4.78, 5) is 2.38. The topological polar surface area (TPSA) is 66.8 Å². The van der Waals surface area contributed by atoms with E-state index in [4.69, 9.17) is 4.55 Å². The summed E-state index contributed by atoms with van der Waals surface area (Å²) < 4.78 is 32.0. The van der Waals surface area contributed by atoms with Crippen molar-refractivity contribution < 1.29 is 17.2 Å². The summed E-state index contributed by atoms with van der Waals surface area (Å²) >= 11 is 0. The molecule has 5 nitrogen and oxygen atoms in total. The summed E-state index contributed by atoms with van der Waals surface area (Å²) in [5.41, 5.74) is 0. The molecule has 0 heterocycles. The molecule has 0 aliphatic carbocycles. The Kier molecular flexibility index (Phi) is 13.9. The molecule has 17 heavy (non-hydrogen) atoms. The monoisotopic (exact) mass is 269 g/mol. The van der Waals surface area contributed by atoms with Gasteiger partial charge in [-0.3, -0.25) is 4.55 Å². The Bertz CT molecular complexity index is 232. The molecule has 0 aromatic heterocycles. The first kappa shape index (κ1) is 19.2. The number of nitrogens with zero attached hydrogens (tertiary/aromatic N) is 1. The van der Waals surface area contributed by atoms with Crippen LogP contribution < -0.4 is 0 Å². The Hall–Kier alpha value is -0.170. The minimum atomic E-state index is -4.20. The third-order valence-corrected chi connectivity index (χ3v) is 2.79. The van der Waals surface area contributed by atoms with E-state index in [9.17, 15) is 8.42 Å². The second kappa shape index (κ2) is 12.3. The first-order valence-corrected chi connectivity index (χ1v) is 7.61. The molecule has 0 aromatic rings. The van der Waals surface area contributed by atoms with Crippen LogP contribution >= 0.6 is 0 Å². The molecular weight excluding hydrogens is 242 g/mol. The van der Waals surface area contributed by atoms with Crippen LogP contribution in [0.15, 0.2) is 0 Å². The SMILES string of the molecule is CCCCCOS(=O)(=O)O.CCN(CC)CC. The first-order chi connectivity index (χ1) is 7.91. The molecule has 0 bridgehead atoms. The Morgan fingerprint density at radius 1 is 1.00 bits per heavy atom. The van der Waals surface area contributed by atoms with E-state index in [1.54, 1.807) is 0 Å². The zero-order valence-electron chi connectivity index (χ0n) is 11.5. The number of hydrogen-bond donors (Lipinski definition) is 1. The van der Waals surface area contributed by atoms with Crippen molar-refractivity contribution in [2.45, 2.75) is 47.0 Å². The van der Waals surface area contributed by atoms with Crippen LogP contribution in [0.25, 0.3) is 0 Å². The number of rotatable bonds is 8. The van der Waals surface area contributed by atoms with Crippen molar-refractivity contribution in [2.75, 3.05) is 26.2 Å². The molecule has 0 saturated carbocycles. The standard InChI is InChI=1S/C6H15N.C5H12O4S/c1-4-7(5-2)6-3;1-2-3-4-5-9-10(6,7)8/h4-6H2,1-3H3;2-5H2,1H3,(H,6,7,8). The van der Waals surface area contributed by atoms with Gasteiger partial charge in [-0.05, 0) is 26.1 Å². The van der Waals surface area contributed by atoms with Gasteiger partial charge in [-0.25, -0.2) is 4.18 Å². The fourth-order valence-corrected chi connectivity index (χ4v) is 1.52. The lowest BCUT2D eigenvalue weighted by atomic mass is 10.3. The highest BCUT2D eigenvalue weighted by Crippen LogP contribution is 1.96. The average Bonchev–Trinajstić information content (AvgIpc) is 2.27. The third kappa shape index (κ3) is 18.4. The Morgan fingerprint density at radius 3 is 1.71 bits per heavy atom. The highest BCUT2D eigenvalue weighted by atomic mass is 32.3. The highest BCUT2D eigenvalue weighted by molar-refractivity contribution is 7.80. The largest absolute Gasteiger partial charge is 0.397 e. The van der Waals surface area contributed by atoms with E-state index >= 15 is 0 Å². The van der Waals surface area contributed by atoms with Gasteiger partial charge < -0.3 is 4.90 Å². The molecule has 0 spiro atoms. The van der Waals surface area contributed by atoms with Gasteiger partial charge in [-0.15, -0.1) is 0 Å². The van der Waals surface area contributed by atoms with Crippen molar-refractivity contribution in [3.05, 3.63) is 0 Å². The van der Waals surface area contributed by atoms with Gasteiger partial charge in [0.1, 0.15) is 0 Å². The van der Waals surface area contributed by atoms with Gasteiger partial charge in [-0.2, -0.15) is 8.42 Å². The molecule has 1 N–H and O–H groups in total. The van der Waals surface area contributed by atoms with E-state index in [0.717, 1.165) is 12.8 Å². The Balaban J connectivity index is 0. The Morgan fingerprint density at radius 2 is 1.47 bits per heavy atom. The lowest BCUT2D eigenvalue weighted by molar-refractivity contribution is 0.262. The van der Waals surface area contributed by atoms with Crippen LogP contribution in [0.4, 0.5) is 0 Å². The minimum Gasteiger partial charge on any atom is -0.304 e. The second-order valence-corrected chi connectivity index (χ2v) is 4.67. The minimum absolute atomic E-state index is 0.0761. The van der Waals surface area contributed by atoms with Gasteiger partial charge in [0.2, 0.25) is 0 Å². The lowest BCUT2D eigenvalue weighted by Crippen LogP contribution is -2.21. The fourth-order valence-electron chi connectivity index (χ4n) is 1.19. The lowest BCUT2D eigenvalue weighted by Gasteiger charge is -2.13. The van der Waals surface area contributed by atoms with Gasteiger partial charge in [0.05, 0.1) is 6.61 Å². The van der Waals surface area contributed by atoms with Gasteiger partial charge in [0.15, 0.2) is 0 Å². The summed E-state index contributed by atoms with van der Waals surface area (Å²) in [6.45, 7) is 12.2. The smallest absolute Gasteiger partial charge is 0.304 e. The van der Waals surface area contributed by atoms with E-state index in [1.165, 1.54) is 19.6 Å². The van der Waals surface area contributed by atoms with Crippen LogP contribution in [-0.2, 0) is 14.6 Å². The van der Waals surface area contributed by atoms with Crippen LogP contribution in [0.1, 0.15) is 47.0 Å². The van der Waals surface area contributed by atoms with Crippen molar-refractivity contribution in [1.29, 1.82) is 0 Å². The van der Waals surface area contributed by atoms with Crippen LogP contribution in [0, 0.1) is 0 Å². The normalized spacial score (nSPS) is 11.2. The van der Waals surface area contributed by atoms with E-state index < -0.39 is 10.4 Å². The van der Waals surface area contributed by atoms with Crippen LogP contribution in [0.2, 0.25) is 0 Å². The molecular formula is C11H27NO4S. The fraction of sp³-hybridized carbons (Fsp3) is 1.00. The summed E-state index contributed by atoms with van der Waals surface area (Å²) in [6.07, 6.45) is 2.57. The summed E-state index contributed by atoms with van der Waals surface area (Å²) in [5, 5.41) is 0. The maximum Gasteiger partial charge on any atom is 0.397 e. The molecule has 0 atom stereocenters. The zero-order chi connectivity index (χ0) is 13.7. The van der Waals surface area contributed by atoms with E-state index in [1.807, 2.05) is 6.92 Å². The molecule has 0 fully saturated rings. The predicted octanol–water partition coefficient (Wildman–Crippen LogP) is 2.34. The average molecular weight is 269 g/mol. The quantitative estimate of drug-likeness (QED) is 0.541. The second-order valence-electron chi connectivity index (χ2n) is 3.58. The molecule has 0 aliphatic rings. The molecule has 0 unspecified atom stereocenters. The summed E-state index contributed by atoms with van der Waals surface area (Å²) in [7, 11) is -4.20. The van der Waals surface area contributed by atoms with Crippen LogP contribution in [-0.4, -0.2) is 44.1 Å². The van der Waals surface area contributed by atoms with Crippen LogP contribution in [0.3, 0.4) is 0 Å². The van der Waals surface area contributed by atoms with Crippen LogP contribution in [0.5, 0.6) is 0 Å². The van der Waals surface area contributed by atoms with E-state index in [0.29, 0.717) is 6.42 Å². The number of hydrogen-bond acceptors (Lipinski definition) is 4. The molecule has 0 radical (unpaired) electrons. The maximum atomic E-state index is 9.93. The van der Waals surface area contributed by atoms with E-state index in [-0.39, 0.29) is 6.61 Å². The maximum absolute atomic E-state index is 9.93. The molecule has 106 valence electrons. The highest BCUT2D eigenvalue weighted by Gasteiger charge is 2.01. The van der Waals surface area contributed by atoms with E-state index in [2.05, 4.69) is 29.9 Å². The number of unbranched alkanes of at least 4 members (excludes halogenated alkanes) is 2. The van der Waals surface area contributed by atoms with Crippen molar-refractivity contribution in [3.63, 3.8) is 0 Å². The third-order valence-electron chi connectivity index (χ3n) is 2.32. The van der Waals surface area contributed by atoms with Crippen molar-refractivity contribution in [3.8, 4) is 0 Å². The molecule has 6 heteroatoms. The Labute approximate surface area is 106 Å². The van der Waals surface area contributed by atoms with Gasteiger partial charge in [0, 0.05) is 0 Å². The molecule has 0 amide bonds. The predicted molar refractivity (Wildman–Crippen MR) is 70.5 cm³/mol. The van der Waals surface area contributed by atoms with Crippen molar-refractivity contribution in [2.24, 2.45) is 0 Å². The molecule has 0 aliphatic heterocycles. The summed E-state index contributed by atoms with van der Waals surface area (Å²) in [5.74, 6) is 0. The van der Waals surface area contributed by atoms with Gasteiger partial charge in [0.25, 0.3) is 0 Å². The first-order valence-electron chi connectivity index (χ1n) is 6.25. The molecule has 0 saturated heterocycles. The zero-order valence-corrected chi connectivity index (χ0v) is 12.3. The molecule has 0 aromatic carbocycles. The summed E-state index contributed by atoms with van der Waals surface area (Å²) in [6, 6.07) is 0. The van der Waals surface area contributed by atoms with Crippen molar-refractivity contribution in [1.82, 2.24) is 4.90 Å².